The van der Waals surface area contributed by atoms with Crippen LogP contribution in [0.15, 0.2) is 33.7 Å². The Hall–Kier alpha value is -1.84. The quantitative estimate of drug-likeness (QED) is 0.408. The van der Waals surface area contributed by atoms with E-state index in [4.69, 9.17) is 4.42 Å². The summed E-state index contributed by atoms with van der Waals surface area (Å²) in [5.41, 5.74) is 1.96. The van der Waals surface area contributed by atoms with Crippen LogP contribution in [0.2, 0.25) is 0 Å². The molecule has 1 N–H and O–H groups in total. The standard InChI is InChI=1S/C19H26FN5O.HI/c1-4-21-19(22-13-18-23-14(2)15(3)26-18)25-11-9-24(10-12-25)17-7-5-16(20)6-8-17;/h5-8H,4,9-13H2,1-3H3,(H,21,22);1H. The smallest absolute Gasteiger partial charge is 0.216 e. The lowest BCUT2D eigenvalue weighted by molar-refractivity contribution is 0.371. The Kier molecular flexibility index (Phi) is 7.88. The van der Waals surface area contributed by atoms with E-state index < -0.39 is 0 Å². The number of piperazine rings is 1. The van der Waals surface area contributed by atoms with Crippen LogP contribution < -0.4 is 10.2 Å². The maximum Gasteiger partial charge on any atom is 0.216 e. The number of rotatable bonds is 4. The first-order chi connectivity index (χ1) is 12.6. The van der Waals surface area contributed by atoms with Gasteiger partial charge in [-0.05, 0) is 45.0 Å². The predicted octanol–water partition coefficient (Wildman–Crippen LogP) is 3.34. The van der Waals surface area contributed by atoms with E-state index >= 15 is 0 Å². The molecular weight excluding hydrogens is 460 g/mol. The number of nitrogens with zero attached hydrogens (tertiary/aromatic N) is 4. The minimum Gasteiger partial charge on any atom is -0.444 e. The Bertz CT molecular complexity index is 734. The number of guanidine groups is 1. The first kappa shape index (κ1) is 21.5. The molecule has 0 bridgehead atoms. The number of aromatic nitrogens is 1. The summed E-state index contributed by atoms with van der Waals surface area (Å²) in [6.07, 6.45) is 0. The third-order valence-electron chi connectivity index (χ3n) is 4.54. The van der Waals surface area contributed by atoms with Gasteiger partial charge in [-0.1, -0.05) is 0 Å². The first-order valence-electron chi connectivity index (χ1n) is 9.03. The summed E-state index contributed by atoms with van der Waals surface area (Å²) in [5, 5.41) is 3.34. The molecule has 1 aromatic carbocycles. The molecule has 27 heavy (non-hydrogen) atoms. The molecular formula is C19H27FIN5O. The van der Waals surface area contributed by atoms with Gasteiger partial charge in [0.15, 0.2) is 5.96 Å². The van der Waals surface area contributed by atoms with Crippen molar-refractivity contribution in [1.82, 2.24) is 15.2 Å². The molecule has 0 amide bonds. The normalized spacial score (nSPS) is 14.9. The molecule has 148 valence electrons. The second kappa shape index (κ2) is 9.91. The highest BCUT2D eigenvalue weighted by atomic mass is 127. The van der Waals surface area contributed by atoms with E-state index in [-0.39, 0.29) is 29.8 Å². The topological polar surface area (TPSA) is 56.9 Å². The lowest BCUT2D eigenvalue weighted by atomic mass is 10.2. The van der Waals surface area contributed by atoms with Gasteiger partial charge < -0.3 is 19.5 Å². The van der Waals surface area contributed by atoms with Crippen LogP contribution in [0.3, 0.4) is 0 Å². The number of aliphatic imine (C=N–C) groups is 1. The van der Waals surface area contributed by atoms with Crippen LogP contribution in [0, 0.1) is 19.7 Å². The predicted molar refractivity (Wildman–Crippen MR) is 116 cm³/mol. The average Bonchev–Trinajstić information content (AvgIpc) is 2.97. The number of hydrogen-bond acceptors (Lipinski definition) is 4. The number of halogens is 2. The third kappa shape index (κ3) is 5.57. The van der Waals surface area contributed by atoms with E-state index in [1.807, 2.05) is 26.0 Å². The van der Waals surface area contributed by atoms with Gasteiger partial charge in [0.2, 0.25) is 5.89 Å². The molecule has 6 nitrogen and oxygen atoms in total. The van der Waals surface area contributed by atoms with Gasteiger partial charge in [-0.3, -0.25) is 0 Å². The highest BCUT2D eigenvalue weighted by Crippen LogP contribution is 2.17. The number of anilines is 1. The van der Waals surface area contributed by atoms with E-state index in [1.54, 1.807) is 0 Å². The molecule has 0 aliphatic carbocycles. The molecule has 0 saturated carbocycles. The highest BCUT2D eigenvalue weighted by Gasteiger charge is 2.20. The van der Waals surface area contributed by atoms with Crippen molar-refractivity contribution in [3.8, 4) is 0 Å². The van der Waals surface area contributed by atoms with Gasteiger partial charge in [0.05, 0.1) is 5.69 Å². The lowest BCUT2D eigenvalue weighted by Gasteiger charge is -2.37. The SMILES string of the molecule is CCNC(=NCc1nc(C)c(C)o1)N1CCN(c2ccc(F)cc2)CC1.I. The van der Waals surface area contributed by atoms with Crippen LogP contribution in [-0.2, 0) is 6.54 Å². The molecule has 0 unspecified atom stereocenters. The zero-order valence-corrected chi connectivity index (χ0v) is 18.4. The molecule has 1 aliphatic heterocycles. The molecule has 1 aliphatic rings. The van der Waals surface area contributed by atoms with Crippen molar-refractivity contribution in [2.45, 2.75) is 27.3 Å². The van der Waals surface area contributed by atoms with Gasteiger partial charge in [-0.15, -0.1) is 24.0 Å². The van der Waals surface area contributed by atoms with Crippen LogP contribution in [0.4, 0.5) is 10.1 Å². The Morgan fingerprint density at radius 3 is 2.41 bits per heavy atom. The number of aryl methyl sites for hydroxylation is 2. The minimum atomic E-state index is -0.203. The van der Waals surface area contributed by atoms with E-state index in [1.165, 1.54) is 12.1 Å². The molecule has 2 aromatic rings. The summed E-state index contributed by atoms with van der Waals surface area (Å²) >= 11 is 0. The van der Waals surface area contributed by atoms with Gasteiger partial charge in [0.1, 0.15) is 18.1 Å². The fraction of sp³-hybridized carbons (Fsp3) is 0.474. The van der Waals surface area contributed by atoms with Crippen molar-refractivity contribution in [2.24, 2.45) is 4.99 Å². The van der Waals surface area contributed by atoms with E-state index in [9.17, 15) is 4.39 Å². The molecule has 2 heterocycles. The summed E-state index contributed by atoms with van der Waals surface area (Å²) in [6.45, 7) is 10.6. The van der Waals surface area contributed by atoms with E-state index in [0.29, 0.717) is 12.4 Å². The first-order valence-corrected chi connectivity index (χ1v) is 9.03. The second-order valence-electron chi connectivity index (χ2n) is 6.37. The van der Waals surface area contributed by atoms with Crippen molar-refractivity contribution >= 4 is 35.6 Å². The van der Waals surface area contributed by atoms with Crippen molar-refractivity contribution in [1.29, 1.82) is 0 Å². The summed E-state index contributed by atoms with van der Waals surface area (Å²) in [4.78, 5) is 13.6. The van der Waals surface area contributed by atoms with Crippen LogP contribution in [-0.4, -0.2) is 48.6 Å². The lowest BCUT2D eigenvalue weighted by Crippen LogP contribution is -2.52. The molecule has 8 heteroatoms. The Balaban J connectivity index is 0.00000261. The van der Waals surface area contributed by atoms with Crippen molar-refractivity contribution in [2.75, 3.05) is 37.6 Å². The maximum absolute atomic E-state index is 13.1. The monoisotopic (exact) mass is 487 g/mol. The van der Waals surface area contributed by atoms with Gasteiger partial charge in [-0.25, -0.2) is 14.4 Å². The molecule has 0 spiro atoms. The van der Waals surface area contributed by atoms with Crippen molar-refractivity contribution in [3.05, 3.63) is 47.4 Å². The summed E-state index contributed by atoms with van der Waals surface area (Å²) in [6, 6.07) is 6.68. The highest BCUT2D eigenvalue weighted by molar-refractivity contribution is 14.0. The Morgan fingerprint density at radius 1 is 1.19 bits per heavy atom. The van der Waals surface area contributed by atoms with Gasteiger partial charge in [0.25, 0.3) is 0 Å². The van der Waals surface area contributed by atoms with Crippen molar-refractivity contribution in [3.63, 3.8) is 0 Å². The number of nitrogens with one attached hydrogen (secondary N) is 1. The molecule has 0 atom stereocenters. The van der Waals surface area contributed by atoms with Crippen LogP contribution in [0.1, 0.15) is 24.3 Å². The average molecular weight is 487 g/mol. The van der Waals surface area contributed by atoms with Crippen LogP contribution >= 0.6 is 24.0 Å². The van der Waals surface area contributed by atoms with Gasteiger partial charge in [-0.2, -0.15) is 0 Å². The second-order valence-corrected chi connectivity index (χ2v) is 6.37. The number of hydrogen-bond donors (Lipinski definition) is 1. The molecule has 0 radical (unpaired) electrons. The third-order valence-corrected chi connectivity index (χ3v) is 4.54. The molecule has 1 saturated heterocycles. The zero-order valence-electron chi connectivity index (χ0n) is 16.0. The molecule has 3 rings (SSSR count). The summed E-state index contributed by atoms with van der Waals surface area (Å²) in [7, 11) is 0. The Morgan fingerprint density at radius 2 is 1.85 bits per heavy atom. The minimum absolute atomic E-state index is 0. The van der Waals surface area contributed by atoms with Crippen molar-refractivity contribution < 1.29 is 8.81 Å². The number of oxazole rings is 1. The van der Waals surface area contributed by atoms with E-state index in [2.05, 4.69) is 32.0 Å². The fourth-order valence-electron chi connectivity index (χ4n) is 3.00. The summed E-state index contributed by atoms with van der Waals surface area (Å²) in [5.74, 6) is 2.15. The van der Waals surface area contributed by atoms with Crippen LogP contribution in [0.25, 0.3) is 0 Å². The molecule has 1 fully saturated rings. The zero-order chi connectivity index (χ0) is 18.5. The maximum atomic E-state index is 13.1. The largest absolute Gasteiger partial charge is 0.444 e. The Labute approximate surface area is 176 Å². The van der Waals surface area contributed by atoms with Gasteiger partial charge in [0, 0.05) is 38.4 Å². The van der Waals surface area contributed by atoms with E-state index in [0.717, 1.165) is 55.8 Å². The number of benzene rings is 1. The molecule has 1 aromatic heterocycles. The fourth-order valence-corrected chi connectivity index (χ4v) is 3.00. The van der Waals surface area contributed by atoms with Crippen LogP contribution in [0.5, 0.6) is 0 Å². The van der Waals surface area contributed by atoms with Gasteiger partial charge >= 0.3 is 0 Å². The summed E-state index contributed by atoms with van der Waals surface area (Å²) < 4.78 is 18.7.